The second kappa shape index (κ2) is 10.7. The number of ether oxygens (including phenoxy) is 4. The van der Waals surface area contributed by atoms with Gasteiger partial charge < -0.3 is 24.3 Å². The molecule has 0 aromatic heterocycles. The molecule has 7 nitrogen and oxygen atoms in total. The molecule has 33 heavy (non-hydrogen) atoms. The molecule has 2 fully saturated rings. The van der Waals surface area contributed by atoms with E-state index < -0.39 is 0 Å². The lowest BCUT2D eigenvalue weighted by molar-refractivity contribution is -0.123. The van der Waals surface area contributed by atoms with E-state index in [9.17, 15) is 4.79 Å². The number of benzene rings is 2. The molecule has 4 rings (SSSR count). The third-order valence-electron chi connectivity index (χ3n) is 5.52. The number of para-hydroxylation sites is 2. The van der Waals surface area contributed by atoms with Gasteiger partial charge in [0.05, 0.1) is 26.4 Å². The van der Waals surface area contributed by atoms with Crippen molar-refractivity contribution in [3.05, 3.63) is 59.3 Å². The van der Waals surface area contributed by atoms with E-state index in [0.29, 0.717) is 41.2 Å². The average Bonchev–Trinajstić information content (AvgIpc) is 3.43. The van der Waals surface area contributed by atoms with Crippen molar-refractivity contribution < 1.29 is 23.7 Å². The van der Waals surface area contributed by atoms with Crippen molar-refractivity contribution in [1.29, 1.82) is 0 Å². The van der Waals surface area contributed by atoms with E-state index >= 15 is 0 Å². The summed E-state index contributed by atoms with van der Waals surface area (Å²) in [6.45, 7) is 3.99. The van der Waals surface area contributed by atoms with E-state index in [1.807, 2.05) is 49.4 Å². The highest BCUT2D eigenvalue weighted by molar-refractivity contribution is 7.80. The van der Waals surface area contributed by atoms with E-state index in [0.717, 1.165) is 30.6 Å². The predicted octanol–water partition coefficient (Wildman–Crippen LogP) is 3.91. The van der Waals surface area contributed by atoms with Crippen LogP contribution in [0.15, 0.2) is 48.2 Å². The number of carbonyl (C=O) groups is 1. The average molecular weight is 469 g/mol. The molecule has 8 heteroatoms. The Kier molecular flexibility index (Phi) is 7.47. The number of nitrogens with one attached hydrogen (secondary N) is 1. The summed E-state index contributed by atoms with van der Waals surface area (Å²) in [7, 11) is 1.62. The largest absolute Gasteiger partial charge is 0.496 e. The number of hydrogen-bond acceptors (Lipinski definition) is 6. The number of rotatable bonds is 9. The molecule has 0 spiro atoms. The number of amides is 1. The highest BCUT2D eigenvalue weighted by Crippen LogP contribution is 2.29. The normalized spacial score (nSPS) is 19.2. The van der Waals surface area contributed by atoms with Crippen LogP contribution in [0, 0.1) is 0 Å². The maximum atomic E-state index is 12.9. The number of nitrogens with zero attached hydrogens (tertiary/aromatic N) is 1. The van der Waals surface area contributed by atoms with Crippen LogP contribution in [0.25, 0.3) is 6.08 Å². The fourth-order valence-electron chi connectivity index (χ4n) is 3.90. The first-order valence-corrected chi connectivity index (χ1v) is 11.5. The fraction of sp³-hybridized carbons (Fsp3) is 0.360. The highest BCUT2D eigenvalue weighted by atomic mass is 32.1. The summed E-state index contributed by atoms with van der Waals surface area (Å²) >= 11 is 5.39. The molecule has 2 aliphatic rings. The summed E-state index contributed by atoms with van der Waals surface area (Å²) < 4.78 is 22.8. The lowest BCUT2D eigenvalue weighted by Crippen LogP contribution is -2.37. The minimum Gasteiger partial charge on any atom is -0.496 e. The van der Waals surface area contributed by atoms with Gasteiger partial charge in [-0.05, 0) is 67.9 Å². The summed E-state index contributed by atoms with van der Waals surface area (Å²) in [4.78, 5) is 14.5. The maximum absolute atomic E-state index is 12.9. The monoisotopic (exact) mass is 468 g/mol. The molecule has 0 saturated carbocycles. The van der Waals surface area contributed by atoms with Gasteiger partial charge in [0.15, 0.2) is 16.6 Å². The molecular weight excluding hydrogens is 440 g/mol. The zero-order chi connectivity index (χ0) is 23.2. The smallest absolute Gasteiger partial charge is 0.276 e. The van der Waals surface area contributed by atoms with E-state index in [1.165, 1.54) is 0 Å². The summed E-state index contributed by atoms with van der Waals surface area (Å²) in [6.07, 6.45) is 3.79. The van der Waals surface area contributed by atoms with E-state index in [1.54, 1.807) is 18.1 Å². The lowest BCUT2D eigenvalue weighted by atomic mass is 10.1. The number of thiocarbonyl (C=S) groups is 1. The van der Waals surface area contributed by atoms with Crippen LogP contribution in [0.2, 0.25) is 0 Å². The van der Waals surface area contributed by atoms with Crippen LogP contribution >= 0.6 is 12.2 Å². The van der Waals surface area contributed by atoms with Gasteiger partial charge in [0, 0.05) is 12.2 Å². The Morgan fingerprint density at radius 1 is 1.18 bits per heavy atom. The van der Waals surface area contributed by atoms with Gasteiger partial charge in [0.25, 0.3) is 5.91 Å². The Morgan fingerprint density at radius 3 is 2.67 bits per heavy atom. The molecule has 2 aromatic carbocycles. The molecule has 2 heterocycles. The first-order chi connectivity index (χ1) is 16.1. The van der Waals surface area contributed by atoms with Gasteiger partial charge in [-0.1, -0.05) is 18.2 Å². The molecule has 1 N–H and O–H groups in total. The molecule has 0 aliphatic carbocycles. The van der Waals surface area contributed by atoms with Crippen molar-refractivity contribution in [2.75, 3.05) is 26.9 Å². The van der Waals surface area contributed by atoms with Crippen LogP contribution in [0.3, 0.4) is 0 Å². The van der Waals surface area contributed by atoms with Crippen LogP contribution in [-0.2, 0) is 16.1 Å². The van der Waals surface area contributed by atoms with Crippen molar-refractivity contribution in [2.24, 2.45) is 0 Å². The maximum Gasteiger partial charge on any atom is 0.276 e. The van der Waals surface area contributed by atoms with Crippen LogP contribution in [0.5, 0.6) is 17.2 Å². The SMILES string of the molecule is CCOc1ccccc1OCc1cc(/C=C2/NC(=S)N(CC3CCCO3)C2=O)ccc1OC. The van der Waals surface area contributed by atoms with Gasteiger partial charge in [-0.15, -0.1) is 0 Å². The Bertz CT molecular complexity index is 1050. The zero-order valence-electron chi connectivity index (χ0n) is 18.8. The third kappa shape index (κ3) is 5.46. The number of carbonyl (C=O) groups excluding carboxylic acids is 1. The van der Waals surface area contributed by atoms with Gasteiger partial charge in [0.1, 0.15) is 18.1 Å². The van der Waals surface area contributed by atoms with Crippen LogP contribution in [-0.4, -0.2) is 48.9 Å². The molecule has 2 saturated heterocycles. The van der Waals surface area contributed by atoms with Crippen molar-refractivity contribution in [3.8, 4) is 17.2 Å². The van der Waals surface area contributed by atoms with E-state index in [-0.39, 0.29) is 18.6 Å². The first kappa shape index (κ1) is 23.1. The van der Waals surface area contributed by atoms with Crippen molar-refractivity contribution in [3.63, 3.8) is 0 Å². The molecule has 2 aliphatic heterocycles. The molecule has 1 unspecified atom stereocenters. The fourth-order valence-corrected chi connectivity index (χ4v) is 4.16. The van der Waals surface area contributed by atoms with Crippen molar-refractivity contribution in [1.82, 2.24) is 10.2 Å². The van der Waals surface area contributed by atoms with E-state index in [2.05, 4.69) is 5.32 Å². The zero-order valence-corrected chi connectivity index (χ0v) is 19.7. The molecule has 0 bridgehead atoms. The van der Waals surface area contributed by atoms with Gasteiger partial charge in [-0.25, -0.2) is 0 Å². The van der Waals surface area contributed by atoms with Gasteiger partial charge in [-0.2, -0.15) is 0 Å². The predicted molar refractivity (Wildman–Crippen MR) is 129 cm³/mol. The summed E-state index contributed by atoms with van der Waals surface area (Å²) in [5.74, 6) is 1.91. The molecule has 1 amide bonds. The molecular formula is C25H28N2O5S. The quantitative estimate of drug-likeness (QED) is 0.442. The molecule has 2 aromatic rings. The number of hydrogen-bond donors (Lipinski definition) is 1. The minimum atomic E-state index is -0.144. The molecule has 1 atom stereocenters. The Balaban J connectivity index is 1.50. The number of methoxy groups -OCH3 is 1. The van der Waals surface area contributed by atoms with E-state index in [4.69, 9.17) is 31.2 Å². The van der Waals surface area contributed by atoms with Gasteiger partial charge >= 0.3 is 0 Å². The van der Waals surface area contributed by atoms with Crippen molar-refractivity contribution in [2.45, 2.75) is 32.5 Å². The summed E-state index contributed by atoms with van der Waals surface area (Å²) in [5, 5.41) is 3.45. The van der Waals surface area contributed by atoms with Crippen LogP contribution < -0.4 is 19.5 Å². The second-order valence-corrected chi connectivity index (χ2v) is 8.17. The van der Waals surface area contributed by atoms with Crippen LogP contribution in [0.4, 0.5) is 0 Å². The summed E-state index contributed by atoms with van der Waals surface area (Å²) in [6, 6.07) is 13.2. The van der Waals surface area contributed by atoms with Gasteiger partial charge in [-0.3, -0.25) is 9.69 Å². The lowest BCUT2D eigenvalue weighted by Gasteiger charge is -2.18. The minimum absolute atomic E-state index is 0.0392. The highest BCUT2D eigenvalue weighted by Gasteiger charge is 2.33. The third-order valence-corrected chi connectivity index (χ3v) is 5.84. The van der Waals surface area contributed by atoms with Crippen LogP contribution in [0.1, 0.15) is 30.9 Å². The molecule has 0 radical (unpaired) electrons. The first-order valence-electron chi connectivity index (χ1n) is 11.1. The Hall–Kier alpha value is -3.10. The van der Waals surface area contributed by atoms with Gasteiger partial charge in [0.2, 0.25) is 0 Å². The molecule has 174 valence electrons. The standard InChI is InChI=1S/C25H28N2O5S/c1-3-30-22-8-4-5-9-23(22)32-16-18-13-17(10-11-21(18)29-2)14-20-24(28)27(25(33)26-20)15-19-7-6-12-31-19/h4-5,8-11,13-14,19H,3,6-7,12,15-16H2,1-2H3,(H,26,33)/b20-14+. The Morgan fingerprint density at radius 2 is 1.97 bits per heavy atom. The summed E-state index contributed by atoms with van der Waals surface area (Å²) in [5.41, 5.74) is 2.13. The van der Waals surface area contributed by atoms with Crippen molar-refractivity contribution >= 4 is 29.3 Å². The Labute approximate surface area is 199 Å². The second-order valence-electron chi connectivity index (χ2n) is 7.78. The topological polar surface area (TPSA) is 69.3 Å².